The van der Waals surface area contributed by atoms with E-state index in [0.717, 1.165) is 12.1 Å². The number of sulfonamides is 1. The molecule has 1 saturated heterocycles. The van der Waals surface area contributed by atoms with Gasteiger partial charge in [0, 0.05) is 31.2 Å². The first kappa shape index (κ1) is 15.8. The molecule has 1 aliphatic heterocycles. The van der Waals surface area contributed by atoms with Crippen molar-refractivity contribution in [3.63, 3.8) is 0 Å². The summed E-state index contributed by atoms with van der Waals surface area (Å²) in [7, 11) is -3.05. The van der Waals surface area contributed by atoms with Crippen LogP contribution in [0.4, 0.5) is 5.69 Å². The summed E-state index contributed by atoms with van der Waals surface area (Å²) >= 11 is 0. The number of aryl methyl sites for hydroxylation is 1. The molecular formula is C14H22N4O2S. The Morgan fingerprint density at radius 2 is 2.00 bits per heavy atom. The molecule has 0 spiro atoms. The highest BCUT2D eigenvalue weighted by Gasteiger charge is 2.32. The van der Waals surface area contributed by atoms with Crippen LogP contribution in [0.25, 0.3) is 0 Å². The first-order valence-corrected chi connectivity index (χ1v) is 8.84. The summed E-state index contributed by atoms with van der Waals surface area (Å²) in [5, 5.41) is 3.03. The summed E-state index contributed by atoms with van der Waals surface area (Å²) in [5.74, 6) is 0.611. The molecule has 1 aromatic carbocycles. The molecule has 21 heavy (non-hydrogen) atoms. The van der Waals surface area contributed by atoms with Gasteiger partial charge in [0.1, 0.15) is 0 Å². The van der Waals surface area contributed by atoms with Gasteiger partial charge in [-0.3, -0.25) is 4.99 Å². The van der Waals surface area contributed by atoms with Gasteiger partial charge in [-0.25, -0.2) is 12.7 Å². The second-order valence-corrected chi connectivity index (χ2v) is 7.33. The van der Waals surface area contributed by atoms with Gasteiger partial charge >= 0.3 is 0 Å². The molecule has 0 saturated carbocycles. The molecule has 1 aromatic rings. The summed E-state index contributed by atoms with van der Waals surface area (Å²) in [6, 6.07) is 8.03. The van der Waals surface area contributed by atoms with Crippen molar-refractivity contribution in [3.05, 3.63) is 29.8 Å². The molecule has 1 fully saturated rings. The lowest BCUT2D eigenvalue weighted by Gasteiger charge is -2.36. The number of hydrogen-bond acceptors (Lipinski definition) is 3. The van der Waals surface area contributed by atoms with Crippen LogP contribution in [0.15, 0.2) is 29.3 Å². The zero-order valence-corrected chi connectivity index (χ0v) is 13.2. The molecule has 0 radical (unpaired) electrons. The van der Waals surface area contributed by atoms with Gasteiger partial charge in [-0.1, -0.05) is 19.1 Å². The summed E-state index contributed by atoms with van der Waals surface area (Å²) in [6.07, 6.45) is 2.23. The molecule has 0 unspecified atom stereocenters. The average molecular weight is 310 g/mol. The van der Waals surface area contributed by atoms with Crippen LogP contribution in [-0.2, 0) is 16.4 Å². The van der Waals surface area contributed by atoms with Crippen LogP contribution in [0.2, 0.25) is 0 Å². The third-order valence-corrected chi connectivity index (χ3v) is 4.78. The van der Waals surface area contributed by atoms with Gasteiger partial charge in [0.2, 0.25) is 10.0 Å². The monoisotopic (exact) mass is 310 g/mol. The molecular weight excluding hydrogens is 288 g/mol. The van der Waals surface area contributed by atoms with E-state index >= 15 is 0 Å². The van der Waals surface area contributed by atoms with Crippen LogP contribution in [0.3, 0.4) is 0 Å². The minimum Gasteiger partial charge on any atom is -0.370 e. The molecule has 7 heteroatoms. The molecule has 0 amide bonds. The van der Waals surface area contributed by atoms with Crippen LogP contribution >= 0.6 is 0 Å². The van der Waals surface area contributed by atoms with E-state index < -0.39 is 10.0 Å². The molecule has 1 aliphatic rings. The van der Waals surface area contributed by atoms with Gasteiger partial charge < -0.3 is 11.1 Å². The number of nitrogens with zero attached hydrogens (tertiary/aromatic N) is 2. The third kappa shape index (κ3) is 4.44. The molecule has 0 atom stereocenters. The van der Waals surface area contributed by atoms with Crippen molar-refractivity contribution < 1.29 is 8.42 Å². The highest BCUT2D eigenvalue weighted by Crippen LogP contribution is 2.18. The van der Waals surface area contributed by atoms with Gasteiger partial charge in [0.15, 0.2) is 5.96 Å². The van der Waals surface area contributed by atoms with Crippen LogP contribution < -0.4 is 11.1 Å². The standard InChI is InChI=1S/C14H22N4O2S/c1-3-11-4-6-13(7-5-11)17-14(15)16-8-12-9-18(10-12)21(2,19)20/h4-7,12H,3,8-10H2,1-2H3,(H3,15,16,17). The first-order valence-electron chi connectivity index (χ1n) is 6.99. The Morgan fingerprint density at radius 1 is 1.38 bits per heavy atom. The van der Waals surface area contributed by atoms with Crippen molar-refractivity contribution >= 4 is 21.7 Å². The lowest BCUT2D eigenvalue weighted by atomic mass is 10.0. The minimum absolute atomic E-state index is 0.252. The van der Waals surface area contributed by atoms with Gasteiger partial charge in [-0.2, -0.15) is 0 Å². The van der Waals surface area contributed by atoms with Crippen molar-refractivity contribution in [1.82, 2.24) is 4.31 Å². The zero-order chi connectivity index (χ0) is 15.5. The fourth-order valence-corrected chi connectivity index (χ4v) is 3.11. The van der Waals surface area contributed by atoms with Crippen molar-refractivity contribution in [1.29, 1.82) is 0 Å². The number of aliphatic imine (C=N–C) groups is 1. The first-order chi connectivity index (χ1) is 9.88. The predicted octanol–water partition coefficient (Wildman–Crippen LogP) is 0.867. The second-order valence-electron chi connectivity index (χ2n) is 5.35. The molecule has 6 nitrogen and oxygen atoms in total. The number of benzene rings is 1. The highest BCUT2D eigenvalue weighted by atomic mass is 32.2. The Labute approximate surface area is 126 Å². The fourth-order valence-electron chi connectivity index (χ4n) is 2.15. The second kappa shape index (κ2) is 6.44. The largest absolute Gasteiger partial charge is 0.370 e. The Balaban J connectivity index is 1.80. The summed E-state index contributed by atoms with van der Waals surface area (Å²) < 4.78 is 23.9. The normalized spacial score (nSPS) is 17.5. The Hall–Kier alpha value is -1.60. The molecule has 0 aromatic heterocycles. The van der Waals surface area contributed by atoms with E-state index in [-0.39, 0.29) is 5.92 Å². The maximum Gasteiger partial charge on any atom is 0.211 e. The summed E-state index contributed by atoms with van der Waals surface area (Å²) in [4.78, 5) is 4.26. The topological polar surface area (TPSA) is 87.8 Å². The Morgan fingerprint density at radius 3 is 2.52 bits per heavy atom. The van der Waals surface area contributed by atoms with Crippen LogP contribution in [0, 0.1) is 5.92 Å². The average Bonchev–Trinajstić information content (AvgIpc) is 2.36. The maximum absolute atomic E-state index is 11.2. The van der Waals surface area contributed by atoms with E-state index in [0.29, 0.717) is 25.6 Å². The molecule has 116 valence electrons. The lowest BCUT2D eigenvalue weighted by Crippen LogP contribution is -2.50. The summed E-state index contributed by atoms with van der Waals surface area (Å²) in [6.45, 7) is 3.70. The number of nitrogens with one attached hydrogen (secondary N) is 1. The van der Waals surface area contributed by atoms with E-state index in [2.05, 4.69) is 17.2 Å². The van der Waals surface area contributed by atoms with Crippen molar-refractivity contribution in [3.8, 4) is 0 Å². The fraction of sp³-hybridized carbons (Fsp3) is 0.500. The van der Waals surface area contributed by atoms with E-state index in [1.54, 1.807) is 0 Å². The summed E-state index contributed by atoms with van der Waals surface area (Å²) in [5.41, 5.74) is 8.00. The molecule has 0 aliphatic carbocycles. The number of guanidine groups is 1. The smallest absolute Gasteiger partial charge is 0.211 e. The Bertz CT molecular complexity index is 604. The van der Waals surface area contributed by atoms with Gasteiger partial charge in [-0.05, 0) is 24.1 Å². The van der Waals surface area contributed by atoms with E-state index in [1.807, 2.05) is 24.3 Å². The number of rotatable bonds is 5. The molecule has 2 rings (SSSR count). The minimum atomic E-state index is -3.05. The number of nitrogens with two attached hydrogens (primary N) is 1. The van der Waals surface area contributed by atoms with E-state index in [9.17, 15) is 8.42 Å². The lowest BCUT2D eigenvalue weighted by molar-refractivity contribution is 0.209. The van der Waals surface area contributed by atoms with Crippen molar-refractivity contribution in [2.24, 2.45) is 16.6 Å². The van der Waals surface area contributed by atoms with E-state index in [4.69, 9.17) is 5.73 Å². The SMILES string of the molecule is CCc1ccc(NC(N)=NCC2CN(S(C)(=O)=O)C2)cc1. The molecule has 1 heterocycles. The number of hydrogen-bond donors (Lipinski definition) is 2. The van der Waals surface area contributed by atoms with Gasteiger partial charge in [-0.15, -0.1) is 0 Å². The Kier molecular flexibility index (Phi) is 4.84. The van der Waals surface area contributed by atoms with Crippen molar-refractivity contribution in [2.45, 2.75) is 13.3 Å². The molecule has 0 bridgehead atoms. The van der Waals surface area contributed by atoms with Crippen molar-refractivity contribution in [2.75, 3.05) is 31.2 Å². The van der Waals surface area contributed by atoms with Gasteiger partial charge in [0.25, 0.3) is 0 Å². The zero-order valence-electron chi connectivity index (χ0n) is 12.4. The van der Waals surface area contributed by atoms with Crippen LogP contribution in [0.1, 0.15) is 12.5 Å². The van der Waals surface area contributed by atoms with Crippen LogP contribution in [0.5, 0.6) is 0 Å². The molecule has 3 N–H and O–H groups in total. The quantitative estimate of drug-likeness (QED) is 0.624. The predicted molar refractivity (Wildman–Crippen MR) is 85.8 cm³/mol. The number of anilines is 1. The van der Waals surface area contributed by atoms with Crippen LogP contribution in [-0.4, -0.2) is 44.6 Å². The maximum atomic E-state index is 11.2. The van der Waals surface area contributed by atoms with Gasteiger partial charge in [0.05, 0.1) is 6.26 Å². The van der Waals surface area contributed by atoms with E-state index in [1.165, 1.54) is 16.1 Å². The third-order valence-electron chi connectivity index (χ3n) is 3.55. The highest BCUT2D eigenvalue weighted by molar-refractivity contribution is 7.88.